The van der Waals surface area contributed by atoms with Gasteiger partial charge in [0.25, 0.3) is 5.91 Å². The number of hydrogen-bond donors (Lipinski definition) is 1. The van der Waals surface area contributed by atoms with Crippen molar-refractivity contribution in [2.45, 2.75) is 26.0 Å². The molecule has 0 spiro atoms. The predicted molar refractivity (Wildman–Crippen MR) is 130 cm³/mol. The molecule has 1 aliphatic rings. The van der Waals surface area contributed by atoms with E-state index in [9.17, 15) is 14.7 Å². The molecule has 3 aromatic rings. The number of aliphatic hydroxyl groups excluding tert-OH is 1. The van der Waals surface area contributed by atoms with Crippen molar-refractivity contribution in [3.8, 4) is 5.75 Å². The summed E-state index contributed by atoms with van der Waals surface area (Å²) in [6.07, 6.45) is 0.0122. The van der Waals surface area contributed by atoms with Crippen LogP contribution in [0.1, 0.15) is 36.0 Å². The molecule has 34 heavy (non-hydrogen) atoms. The lowest BCUT2D eigenvalue weighted by Crippen LogP contribution is -2.36. The van der Waals surface area contributed by atoms with Gasteiger partial charge < -0.3 is 24.1 Å². The van der Waals surface area contributed by atoms with Gasteiger partial charge in [0.15, 0.2) is 11.5 Å². The van der Waals surface area contributed by atoms with Crippen molar-refractivity contribution in [1.82, 2.24) is 9.80 Å². The highest BCUT2D eigenvalue weighted by Crippen LogP contribution is 2.40. The molecule has 4 rings (SSSR count). The van der Waals surface area contributed by atoms with Crippen LogP contribution >= 0.6 is 11.6 Å². The topological polar surface area (TPSA) is 83.2 Å². The Morgan fingerprint density at radius 3 is 2.53 bits per heavy atom. The Kier molecular flexibility index (Phi) is 6.68. The third-order valence-electron chi connectivity index (χ3n) is 5.61. The summed E-state index contributed by atoms with van der Waals surface area (Å²) in [5.74, 6) is -0.978. The standard InChI is InChI=1S/C26H27ClN2O5/c1-15(2)33-19-8-5-16(6-9-19)23-22(25(31)26(32)29(23)12-11-28(3)4)24(30)21-14-17-13-18(27)7-10-20(17)34-21/h5-10,13-15,23,31H,11-12H2,1-4H3. The number of carbonyl (C=O) groups excluding carboxylic acids is 2. The summed E-state index contributed by atoms with van der Waals surface area (Å²) in [7, 11) is 3.79. The van der Waals surface area contributed by atoms with Gasteiger partial charge in [-0.2, -0.15) is 0 Å². The van der Waals surface area contributed by atoms with Gasteiger partial charge >= 0.3 is 0 Å². The Bertz CT molecular complexity index is 1260. The average Bonchev–Trinajstić information content (AvgIpc) is 3.31. The molecule has 8 heteroatoms. The first-order valence-corrected chi connectivity index (χ1v) is 11.4. The maximum atomic E-state index is 13.6. The van der Waals surface area contributed by atoms with Crippen LogP contribution in [0.15, 0.2) is 64.3 Å². The van der Waals surface area contributed by atoms with Crippen molar-refractivity contribution in [3.05, 3.63) is 76.2 Å². The molecule has 2 heterocycles. The fourth-order valence-corrected chi connectivity index (χ4v) is 4.21. The van der Waals surface area contributed by atoms with E-state index in [0.29, 0.717) is 40.4 Å². The van der Waals surface area contributed by atoms with E-state index in [4.69, 9.17) is 20.8 Å². The number of Topliss-reactive ketones (excluding diaryl/α,β-unsaturated/α-hetero) is 1. The van der Waals surface area contributed by atoms with Crippen molar-refractivity contribution >= 4 is 34.3 Å². The molecule has 1 aliphatic heterocycles. The van der Waals surface area contributed by atoms with Crippen molar-refractivity contribution < 1.29 is 23.8 Å². The number of rotatable bonds is 8. The zero-order chi connectivity index (χ0) is 24.6. The van der Waals surface area contributed by atoms with Gasteiger partial charge in [0.05, 0.1) is 17.7 Å². The number of amides is 1. The van der Waals surface area contributed by atoms with E-state index in [0.717, 1.165) is 0 Å². The number of ketones is 1. The van der Waals surface area contributed by atoms with Crippen LogP contribution in [0.3, 0.4) is 0 Å². The van der Waals surface area contributed by atoms with Gasteiger partial charge in [-0.15, -0.1) is 0 Å². The minimum absolute atomic E-state index is 0.00793. The van der Waals surface area contributed by atoms with Gasteiger partial charge in [-0.25, -0.2) is 0 Å². The van der Waals surface area contributed by atoms with Crippen LogP contribution < -0.4 is 4.74 Å². The molecule has 2 aromatic carbocycles. The Morgan fingerprint density at radius 2 is 1.88 bits per heavy atom. The first kappa shape index (κ1) is 23.9. The lowest BCUT2D eigenvalue weighted by molar-refractivity contribution is -0.129. The molecule has 0 radical (unpaired) electrons. The van der Waals surface area contributed by atoms with Gasteiger partial charge in [0.1, 0.15) is 11.3 Å². The SMILES string of the molecule is CC(C)Oc1ccc(C2C(C(=O)c3cc4cc(Cl)ccc4o3)=C(O)C(=O)N2CCN(C)C)cc1. The van der Waals surface area contributed by atoms with E-state index in [1.54, 1.807) is 36.4 Å². The average molecular weight is 483 g/mol. The summed E-state index contributed by atoms with van der Waals surface area (Å²) in [5, 5.41) is 12.0. The molecular weight excluding hydrogens is 456 g/mol. The lowest BCUT2D eigenvalue weighted by Gasteiger charge is -2.28. The predicted octanol–water partition coefficient (Wildman–Crippen LogP) is 5.01. The van der Waals surface area contributed by atoms with Gasteiger partial charge in [0, 0.05) is 23.5 Å². The number of hydrogen-bond acceptors (Lipinski definition) is 6. The molecule has 0 bridgehead atoms. The molecule has 1 N–H and O–H groups in total. The number of ether oxygens (including phenoxy) is 1. The van der Waals surface area contributed by atoms with Crippen LogP contribution in [0.25, 0.3) is 11.0 Å². The van der Waals surface area contributed by atoms with E-state index >= 15 is 0 Å². The van der Waals surface area contributed by atoms with E-state index < -0.39 is 23.5 Å². The van der Waals surface area contributed by atoms with Crippen molar-refractivity contribution in [2.75, 3.05) is 27.2 Å². The summed E-state index contributed by atoms with van der Waals surface area (Å²) in [5.41, 5.74) is 1.18. The van der Waals surface area contributed by atoms with Gasteiger partial charge in [-0.05, 0) is 69.9 Å². The lowest BCUT2D eigenvalue weighted by atomic mass is 9.95. The Morgan fingerprint density at radius 1 is 1.18 bits per heavy atom. The Labute approximate surface area is 203 Å². The molecule has 0 saturated heterocycles. The van der Waals surface area contributed by atoms with Crippen LogP contribution in [-0.4, -0.2) is 59.9 Å². The summed E-state index contributed by atoms with van der Waals surface area (Å²) in [6, 6.07) is 13.1. The smallest absolute Gasteiger partial charge is 0.290 e. The van der Waals surface area contributed by atoms with E-state index in [-0.39, 0.29) is 17.4 Å². The zero-order valence-corrected chi connectivity index (χ0v) is 20.3. The van der Waals surface area contributed by atoms with Gasteiger partial charge in [-0.3, -0.25) is 9.59 Å². The van der Waals surface area contributed by atoms with Crippen molar-refractivity contribution in [2.24, 2.45) is 0 Å². The quantitative estimate of drug-likeness (QED) is 0.454. The number of nitrogens with zero attached hydrogens (tertiary/aromatic N) is 2. The third-order valence-corrected chi connectivity index (χ3v) is 5.84. The summed E-state index contributed by atoms with van der Waals surface area (Å²) in [4.78, 5) is 30.1. The van der Waals surface area contributed by atoms with Crippen LogP contribution in [-0.2, 0) is 4.79 Å². The highest BCUT2D eigenvalue weighted by molar-refractivity contribution is 6.31. The van der Waals surface area contributed by atoms with Crippen molar-refractivity contribution in [1.29, 1.82) is 0 Å². The second kappa shape index (κ2) is 9.52. The zero-order valence-electron chi connectivity index (χ0n) is 19.5. The number of benzene rings is 2. The number of likely N-dealkylation sites (N-methyl/N-ethyl adjacent to an activating group) is 1. The molecule has 0 fully saturated rings. The number of halogens is 1. The summed E-state index contributed by atoms with van der Waals surface area (Å²) < 4.78 is 11.5. The van der Waals surface area contributed by atoms with Gasteiger partial charge in [-0.1, -0.05) is 23.7 Å². The number of furan rings is 1. The maximum Gasteiger partial charge on any atom is 0.290 e. The van der Waals surface area contributed by atoms with E-state index in [1.165, 1.54) is 4.90 Å². The monoisotopic (exact) mass is 482 g/mol. The Hall–Kier alpha value is -3.29. The van der Waals surface area contributed by atoms with Crippen LogP contribution in [0, 0.1) is 0 Å². The van der Waals surface area contributed by atoms with E-state index in [1.807, 2.05) is 45.0 Å². The molecule has 1 aromatic heterocycles. The van der Waals surface area contributed by atoms with E-state index in [2.05, 4.69) is 0 Å². The molecule has 178 valence electrons. The molecule has 0 aliphatic carbocycles. The first-order valence-electron chi connectivity index (χ1n) is 11.0. The maximum absolute atomic E-state index is 13.6. The number of fused-ring (bicyclic) bond motifs is 1. The normalized spacial score (nSPS) is 16.4. The van der Waals surface area contributed by atoms with Crippen LogP contribution in [0.2, 0.25) is 5.02 Å². The highest BCUT2D eigenvalue weighted by atomic mass is 35.5. The molecule has 1 amide bonds. The first-order chi connectivity index (χ1) is 16.2. The number of aliphatic hydroxyl groups is 1. The summed E-state index contributed by atoms with van der Waals surface area (Å²) >= 11 is 6.06. The van der Waals surface area contributed by atoms with Gasteiger partial charge in [0.2, 0.25) is 5.78 Å². The van der Waals surface area contributed by atoms with Crippen LogP contribution in [0.4, 0.5) is 0 Å². The fraction of sp³-hybridized carbons (Fsp3) is 0.308. The fourth-order valence-electron chi connectivity index (χ4n) is 4.03. The largest absolute Gasteiger partial charge is 0.503 e. The molecule has 0 saturated carbocycles. The summed E-state index contributed by atoms with van der Waals surface area (Å²) in [6.45, 7) is 4.77. The minimum Gasteiger partial charge on any atom is -0.503 e. The Balaban J connectivity index is 1.75. The number of carbonyl (C=O) groups is 2. The second-order valence-corrected chi connectivity index (χ2v) is 9.26. The van der Waals surface area contributed by atoms with Crippen LogP contribution in [0.5, 0.6) is 5.75 Å². The molecule has 1 unspecified atom stereocenters. The molecule has 7 nitrogen and oxygen atoms in total. The minimum atomic E-state index is -0.759. The molecule has 1 atom stereocenters. The second-order valence-electron chi connectivity index (χ2n) is 8.82. The highest BCUT2D eigenvalue weighted by Gasteiger charge is 2.44. The van der Waals surface area contributed by atoms with Crippen molar-refractivity contribution in [3.63, 3.8) is 0 Å². The molecular formula is C26H27ClN2O5. The third kappa shape index (κ3) is 4.67.